The van der Waals surface area contributed by atoms with Crippen molar-refractivity contribution < 1.29 is 37.1 Å². The van der Waals surface area contributed by atoms with Crippen molar-refractivity contribution >= 4 is 40.9 Å². The largest absolute Gasteiger partial charge is 0.493 e. The fourth-order valence-electron chi connectivity index (χ4n) is 5.68. The van der Waals surface area contributed by atoms with Crippen LogP contribution in [0.1, 0.15) is 31.2 Å². The first-order chi connectivity index (χ1) is 23.1. The van der Waals surface area contributed by atoms with Crippen molar-refractivity contribution in [2.75, 3.05) is 36.5 Å². The van der Waals surface area contributed by atoms with Gasteiger partial charge in [0.15, 0.2) is 5.50 Å². The van der Waals surface area contributed by atoms with E-state index in [2.05, 4.69) is 0 Å². The Balaban J connectivity index is 1.19. The Bertz CT molecular complexity index is 1650. The zero-order valence-corrected chi connectivity index (χ0v) is 27.1. The number of anilines is 2. The van der Waals surface area contributed by atoms with Gasteiger partial charge >= 0.3 is 12.1 Å². The SMILES string of the molecule is CN(CC(=O)N1CCC2=C(C1)C(=O)N(c1ccccc1)C(SC1CCC1)N2OC(=O)C(F)(F)F)c1ccc(COc2ccccc2)cc1. The number of halogens is 3. The van der Waals surface area contributed by atoms with Crippen molar-refractivity contribution in [2.45, 2.75) is 49.2 Å². The number of para-hydroxylation sites is 2. The van der Waals surface area contributed by atoms with Crippen LogP contribution in [0.3, 0.4) is 0 Å². The number of benzene rings is 3. The van der Waals surface area contributed by atoms with E-state index in [-0.39, 0.29) is 48.5 Å². The molecule has 2 amide bonds. The minimum absolute atomic E-state index is 0.00595. The normalized spacial score (nSPS) is 18.3. The van der Waals surface area contributed by atoms with E-state index < -0.39 is 23.6 Å². The fraction of sp³-hybridized carbons (Fsp3) is 0.343. The topological polar surface area (TPSA) is 82.6 Å². The zero-order chi connectivity index (χ0) is 33.8. The van der Waals surface area contributed by atoms with Gasteiger partial charge in [0.1, 0.15) is 12.4 Å². The maximum Gasteiger partial charge on any atom is 0.493 e. The molecule has 0 bridgehead atoms. The number of hydrogen-bond donors (Lipinski definition) is 0. The minimum atomic E-state index is -5.24. The summed E-state index contributed by atoms with van der Waals surface area (Å²) in [6.45, 7) is 0.398. The molecule has 9 nitrogen and oxygen atoms in total. The average molecular weight is 681 g/mol. The Morgan fingerprint density at radius 2 is 1.62 bits per heavy atom. The summed E-state index contributed by atoms with van der Waals surface area (Å²) in [6, 6.07) is 25.7. The fourth-order valence-corrected chi connectivity index (χ4v) is 7.25. The molecule has 6 rings (SSSR count). The number of rotatable bonds is 10. The van der Waals surface area contributed by atoms with Gasteiger partial charge < -0.3 is 19.4 Å². The van der Waals surface area contributed by atoms with E-state index in [9.17, 15) is 27.6 Å². The van der Waals surface area contributed by atoms with Crippen molar-refractivity contribution in [1.82, 2.24) is 9.96 Å². The average Bonchev–Trinajstić information content (AvgIpc) is 3.07. The number of hydroxylamine groups is 2. The summed E-state index contributed by atoms with van der Waals surface area (Å²) < 4.78 is 46.3. The number of thioether (sulfide) groups is 1. The van der Waals surface area contributed by atoms with Crippen molar-refractivity contribution in [3.05, 3.63) is 102 Å². The van der Waals surface area contributed by atoms with Crippen LogP contribution in [0.25, 0.3) is 0 Å². The van der Waals surface area contributed by atoms with Crippen molar-refractivity contribution in [1.29, 1.82) is 0 Å². The highest BCUT2D eigenvalue weighted by atomic mass is 32.2. The van der Waals surface area contributed by atoms with Gasteiger partial charge in [-0.25, -0.2) is 4.79 Å². The first-order valence-corrected chi connectivity index (χ1v) is 16.6. The number of amides is 2. The van der Waals surface area contributed by atoms with Gasteiger partial charge in [-0.2, -0.15) is 18.2 Å². The van der Waals surface area contributed by atoms with Gasteiger partial charge in [-0.1, -0.05) is 55.0 Å². The second kappa shape index (κ2) is 14.2. The molecule has 0 spiro atoms. The molecule has 3 aromatic rings. The molecule has 3 aliphatic rings. The molecule has 252 valence electrons. The van der Waals surface area contributed by atoms with Gasteiger partial charge in [0, 0.05) is 36.6 Å². The Morgan fingerprint density at radius 1 is 0.958 bits per heavy atom. The van der Waals surface area contributed by atoms with Crippen LogP contribution in [0.5, 0.6) is 5.75 Å². The third-order valence-corrected chi connectivity index (χ3v) is 10.0. The molecule has 1 unspecified atom stereocenters. The van der Waals surface area contributed by atoms with E-state index in [4.69, 9.17) is 9.57 Å². The number of likely N-dealkylation sites (N-methyl/N-ethyl adjacent to an activating group) is 1. The van der Waals surface area contributed by atoms with Crippen LogP contribution in [0.15, 0.2) is 96.2 Å². The van der Waals surface area contributed by atoms with E-state index >= 15 is 0 Å². The molecule has 0 N–H and O–H groups in total. The Hall–Kier alpha value is -4.65. The standard InChI is InChI=1S/C35H35F3N4O5S/c1-39(25-17-15-24(16-18-25)23-46-27-11-6-3-7-12-27)22-31(43)40-20-19-30-29(21-40)32(44)41(26-9-4-2-5-10-26)34(48-28-13-8-14-28)42(30)47-33(45)35(36,37)38/h2-7,9-12,15-18,28,34H,8,13-14,19-23H2,1H3. The van der Waals surface area contributed by atoms with E-state index in [1.807, 2.05) is 54.6 Å². The maximum absolute atomic E-state index is 14.2. The van der Waals surface area contributed by atoms with E-state index in [1.54, 1.807) is 42.3 Å². The molecular weight excluding hydrogens is 645 g/mol. The highest BCUT2D eigenvalue weighted by Crippen LogP contribution is 2.44. The summed E-state index contributed by atoms with van der Waals surface area (Å²) in [5.74, 6) is -2.30. The van der Waals surface area contributed by atoms with Gasteiger partial charge in [0.2, 0.25) is 5.91 Å². The highest BCUT2D eigenvalue weighted by Gasteiger charge is 2.50. The van der Waals surface area contributed by atoms with Crippen LogP contribution in [-0.2, 0) is 25.8 Å². The third-order valence-electron chi connectivity index (χ3n) is 8.54. The number of ether oxygens (including phenoxy) is 1. The second-order valence-electron chi connectivity index (χ2n) is 11.8. The Labute approximate surface area is 280 Å². The molecule has 2 aliphatic heterocycles. The lowest BCUT2D eigenvalue weighted by atomic mass is 10.00. The smallest absolute Gasteiger partial charge is 0.489 e. The van der Waals surface area contributed by atoms with Crippen LogP contribution in [0.4, 0.5) is 24.5 Å². The number of carbonyl (C=O) groups excluding carboxylic acids is 3. The summed E-state index contributed by atoms with van der Waals surface area (Å²) in [7, 11) is 1.78. The zero-order valence-electron chi connectivity index (χ0n) is 26.3. The van der Waals surface area contributed by atoms with Crippen LogP contribution in [0.2, 0.25) is 0 Å². The van der Waals surface area contributed by atoms with Gasteiger partial charge in [0.05, 0.1) is 24.4 Å². The molecule has 0 radical (unpaired) electrons. The predicted octanol–water partition coefficient (Wildman–Crippen LogP) is 6.13. The van der Waals surface area contributed by atoms with E-state index in [0.29, 0.717) is 12.3 Å². The van der Waals surface area contributed by atoms with Crippen LogP contribution in [0, 0.1) is 0 Å². The minimum Gasteiger partial charge on any atom is -0.489 e. The lowest BCUT2D eigenvalue weighted by Gasteiger charge is -2.48. The molecule has 1 saturated carbocycles. The third kappa shape index (κ3) is 7.40. The first-order valence-electron chi connectivity index (χ1n) is 15.7. The summed E-state index contributed by atoms with van der Waals surface area (Å²) >= 11 is 1.30. The molecule has 0 aromatic heterocycles. The van der Waals surface area contributed by atoms with Crippen molar-refractivity contribution in [3.63, 3.8) is 0 Å². The molecule has 1 atom stereocenters. The van der Waals surface area contributed by atoms with E-state index in [0.717, 1.165) is 41.3 Å². The van der Waals surface area contributed by atoms with Crippen molar-refractivity contribution in [2.24, 2.45) is 0 Å². The molecule has 13 heteroatoms. The second-order valence-corrected chi connectivity index (χ2v) is 13.2. The lowest BCUT2D eigenvalue weighted by Crippen LogP contribution is -2.59. The quantitative estimate of drug-likeness (QED) is 0.253. The van der Waals surface area contributed by atoms with Crippen LogP contribution in [-0.4, -0.2) is 71.4 Å². The number of hydrogen-bond acceptors (Lipinski definition) is 8. The van der Waals surface area contributed by atoms with Crippen LogP contribution >= 0.6 is 11.8 Å². The molecule has 48 heavy (non-hydrogen) atoms. The molecule has 2 heterocycles. The molecular formula is C35H35F3N4O5S. The monoisotopic (exact) mass is 680 g/mol. The Kier molecular flexibility index (Phi) is 9.86. The van der Waals surface area contributed by atoms with Crippen molar-refractivity contribution in [3.8, 4) is 5.75 Å². The lowest BCUT2D eigenvalue weighted by molar-refractivity contribution is -0.235. The van der Waals surface area contributed by atoms with Crippen LogP contribution < -0.4 is 14.5 Å². The molecule has 1 aliphatic carbocycles. The molecule has 1 fully saturated rings. The van der Waals surface area contributed by atoms with E-state index in [1.165, 1.54) is 21.6 Å². The van der Waals surface area contributed by atoms with Gasteiger partial charge in [-0.05, 0) is 54.8 Å². The maximum atomic E-state index is 14.2. The van der Waals surface area contributed by atoms with Gasteiger partial charge in [0.25, 0.3) is 5.91 Å². The first kappa shape index (κ1) is 33.3. The predicted molar refractivity (Wildman–Crippen MR) is 176 cm³/mol. The molecule has 0 saturated heterocycles. The Morgan fingerprint density at radius 3 is 2.25 bits per heavy atom. The van der Waals surface area contributed by atoms with Gasteiger partial charge in [-0.15, -0.1) is 11.8 Å². The molecule has 3 aromatic carbocycles. The number of carbonyl (C=O) groups is 3. The number of alkyl halides is 3. The highest BCUT2D eigenvalue weighted by molar-refractivity contribution is 8.00. The summed E-state index contributed by atoms with van der Waals surface area (Å²) in [4.78, 5) is 49.7. The van der Waals surface area contributed by atoms with Gasteiger partial charge in [-0.3, -0.25) is 14.5 Å². The summed E-state index contributed by atoms with van der Waals surface area (Å²) in [5.41, 5.74) is 1.47. The summed E-state index contributed by atoms with van der Waals surface area (Å²) in [6.07, 6.45) is -2.55. The summed E-state index contributed by atoms with van der Waals surface area (Å²) in [5, 5.41) is 1.05. The number of nitrogens with zero attached hydrogens (tertiary/aromatic N) is 4.